The molecule has 0 aliphatic rings. The molecule has 0 fully saturated rings. The summed E-state index contributed by atoms with van der Waals surface area (Å²) in [4.78, 5) is 0. The standard InChI is InChI=1S/C14H19BrN4O/c1-3-6-16-8-11-7-13(4-5-14(11)15)20-10-12-9-19(2)18-17-12/h4-5,7,9,16H,3,6,8,10H2,1-2H3. The molecule has 0 bridgehead atoms. The van der Waals surface area contributed by atoms with Gasteiger partial charge in [-0.25, -0.2) is 0 Å². The van der Waals surface area contributed by atoms with Crippen LogP contribution in [0.5, 0.6) is 5.75 Å². The van der Waals surface area contributed by atoms with Crippen LogP contribution in [0.3, 0.4) is 0 Å². The highest BCUT2D eigenvalue weighted by Gasteiger charge is 2.04. The molecule has 6 heteroatoms. The Morgan fingerprint density at radius 3 is 2.95 bits per heavy atom. The normalized spacial score (nSPS) is 10.8. The minimum atomic E-state index is 0.428. The van der Waals surface area contributed by atoms with Crippen molar-refractivity contribution in [2.75, 3.05) is 6.54 Å². The third-order valence-electron chi connectivity index (χ3n) is 2.80. The molecule has 2 rings (SSSR count). The second-order valence-electron chi connectivity index (χ2n) is 4.60. The monoisotopic (exact) mass is 338 g/mol. The fourth-order valence-electron chi connectivity index (χ4n) is 1.79. The highest BCUT2D eigenvalue weighted by Crippen LogP contribution is 2.23. The van der Waals surface area contributed by atoms with E-state index in [0.717, 1.165) is 35.4 Å². The van der Waals surface area contributed by atoms with Crippen LogP contribution in [-0.4, -0.2) is 21.5 Å². The minimum Gasteiger partial charge on any atom is -0.487 e. The van der Waals surface area contributed by atoms with Gasteiger partial charge in [-0.1, -0.05) is 28.1 Å². The van der Waals surface area contributed by atoms with Crippen molar-refractivity contribution in [1.82, 2.24) is 20.3 Å². The van der Waals surface area contributed by atoms with Crippen molar-refractivity contribution >= 4 is 15.9 Å². The van der Waals surface area contributed by atoms with Crippen molar-refractivity contribution in [1.29, 1.82) is 0 Å². The summed E-state index contributed by atoms with van der Waals surface area (Å²) in [6.45, 7) is 4.42. The Bertz CT molecular complexity index is 556. The summed E-state index contributed by atoms with van der Waals surface area (Å²) in [6.07, 6.45) is 2.98. The van der Waals surface area contributed by atoms with Gasteiger partial charge in [0.25, 0.3) is 0 Å². The van der Waals surface area contributed by atoms with Crippen LogP contribution >= 0.6 is 15.9 Å². The van der Waals surface area contributed by atoms with Crippen LogP contribution < -0.4 is 10.1 Å². The Labute approximate surface area is 127 Å². The van der Waals surface area contributed by atoms with Gasteiger partial charge in [-0.05, 0) is 36.7 Å². The zero-order chi connectivity index (χ0) is 14.4. The molecular formula is C14H19BrN4O. The van der Waals surface area contributed by atoms with Crippen LogP contribution in [0.15, 0.2) is 28.9 Å². The largest absolute Gasteiger partial charge is 0.487 e. The van der Waals surface area contributed by atoms with Gasteiger partial charge in [-0.3, -0.25) is 4.68 Å². The fraction of sp³-hybridized carbons (Fsp3) is 0.429. The maximum absolute atomic E-state index is 5.74. The van der Waals surface area contributed by atoms with Gasteiger partial charge in [-0.2, -0.15) is 0 Å². The molecule has 0 unspecified atom stereocenters. The first-order valence-corrected chi connectivity index (χ1v) is 7.45. The highest BCUT2D eigenvalue weighted by atomic mass is 79.9. The Kier molecular flexibility index (Phi) is 5.55. The van der Waals surface area contributed by atoms with Gasteiger partial charge in [-0.15, -0.1) is 5.10 Å². The number of benzene rings is 1. The Morgan fingerprint density at radius 1 is 1.40 bits per heavy atom. The molecule has 1 aromatic carbocycles. The summed E-state index contributed by atoms with van der Waals surface area (Å²) in [6, 6.07) is 6.00. The molecule has 0 aliphatic carbocycles. The van der Waals surface area contributed by atoms with Gasteiger partial charge in [0.15, 0.2) is 0 Å². The number of halogens is 1. The second kappa shape index (κ2) is 7.40. The van der Waals surface area contributed by atoms with Gasteiger partial charge in [0, 0.05) is 18.1 Å². The zero-order valence-electron chi connectivity index (χ0n) is 11.8. The lowest BCUT2D eigenvalue weighted by Gasteiger charge is -2.09. The number of nitrogens with zero attached hydrogens (tertiary/aromatic N) is 3. The van der Waals surface area contributed by atoms with Crippen LogP contribution in [-0.2, 0) is 20.2 Å². The molecule has 108 valence electrons. The topological polar surface area (TPSA) is 52.0 Å². The SMILES string of the molecule is CCCNCc1cc(OCc2cn(C)nn2)ccc1Br. The maximum Gasteiger partial charge on any atom is 0.134 e. The van der Waals surface area contributed by atoms with Crippen LogP contribution in [0.25, 0.3) is 0 Å². The minimum absolute atomic E-state index is 0.428. The number of nitrogens with one attached hydrogen (secondary N) is 1. The molecule has 2 aromatic rings. The van der Waals surface area contributed by atoms with Crippen molar-refractivity contribution < 1.29 is 4.74 Å². The molecule has 5 nitrogen and oxygen atoms in total. The first-order valence-electron chi connectivity index (χ1n) is 6.66. The quantitative estimate of drug-likeness (QED) is 0.788. The fourth-order valence-corrected chi connectivity index (χ4v) is 2.18. The summed E-state index contributed by atoms with van der Waals surface area (Å²) < 4.78 is 8.50. The molecule has 1 heterocycles. The van der Waals surface area contributed by atoms with Crippen molar-refractivity contribution in [3.8, 4) is 5.75 Å². The predicted molar refractivity (Wildman–Crippen MR) is 81.5 cm³/mol. The average Bonchev–Trinajstić information content (AvgIpc) is 2.85. The van der Waals surface area contributed by atoms with Gasteiger partial charge in [0.1, 0.15) is 18.1 Å². The van der Waals surface area contributed by atoms with E-state index in [2.05, 4.69) is 38.5 Å². The summed E-state index contributed by atoms with van der Waals surface area (Å²) in [5, 5.41) is 11.3. The first-order chi connectivity index (χ1) is 9.69. The van der Waals surface area contributed by atoms with Crippen LogP contribution in [0, 0.1) is 0 Å². The van der Waals surface area contributed by atoms with Gasteiger partial charge >= 0.3 is 0 Å². The van der Waals surface area contributed by atoms with E-state index in [9.17, 15) is 0 Å². The lowest BCUT2D eigenvalue weighted by molar-refractivity contribution is 0.300. The molecule has 0 saturated heterocycles. The van der Waals surface area contributed by atoms with Gasteiger partial charge in [0.05, 0.1) is 6.20 Å². The summed E-state index contributed by atoms with van der Waals surface area (Å²) in [5.41, 5.74) is 2.01. The molecule has 0 aliphatic heterocycles. The van der Waals surface area contributed by atoms with E-state index >= 15 is 0 Å². The predicted octanol–water partition coefficient (Wildman–Crippen LogP) is 2.66. The molecule has 0 atom stereocenters. The summed E-state index contributed by atoms with van der Waals surface area (Å²) in [5.74, 6) is 0.840. The van der Waals surface area contributed by atoms with Crippen molar-refractivity contribution in [2.45, 2.75) is 26.5 Å². The van der Waals surface area contributed by atoms with Gasteiger partial charge in [0.2, 0.25) is 0 Å². The summed E-state index contributed by atoms with van der Waals surface area (Å²) >= 11 is 3.56. The molecule has 0 amide bonds. The third-order valence-corrected chi connectivity index (χ3v) is 3.57. The van der Waals surface area contributed by atoms with E-state index in [-0.39, 0.29) is 0 Å². The Hall–Kier alpha value is -1.40. The van der Waals surface area contributed by atoms with E-state index in [4.69, 9.17) is 4.74 Å². The Balaban J connectivity index is 1.95. The number of rotatable bonds is 7. The number of aromatic nitrogens is 3. The van der Waals surface area contributed by atoms with Crippen molar-refractivity contribution in [3.05, 3.63) is 40.1 Å². The average molecular weight is 339 g/mol. The Morgan fingerprint density at radius 2 is 2.25 bits per heavy atom. The van der Waals surface area contributed by atoms with E-state index in [1.807, 2.05) is 31.4 Å². The molecular weight excluding hydrogens is 320 g/mol. The molecule has 1 aromatic heterocycles. The van der Waals surface area contributed by atoms with E-state index in [0.29, 0.717) is 6.61 Å². The molecule has 0 saturated carbocycles. The lowest BCUT2D eigenvalue weighted by Crippen LogP contribution is -2.14. The second-order valence-corrected chi connectivity index (χ2v) is 5.46. The summed E-state index contributed by atoms with van der Waals surface area (Å²) in [7, 11) is 1.84. The van der Waals surface area contributed by atoms with E-state index in [1.54, 1.807) is 4.68 Å². The van der Waals surface area contributed by atoms with E-state index in [1.165, 1.54) is 5.56 Å². The van der Waals surface area contributed by atoms with Gasteiger partial charge < -0.3 is 10.1 Å². The smallest absolute Gasteiger partial charge is 0.134 e. The number of ether oxygens (including phenoxy) is 1. The number of aryl methyl sites for hydroxylation is 1. The van der Waals surface area contributed by atoms with Crippen LogP contribution in [0.1, 0.15) is 24.6 Å². The number of hydrogen-bond acceptors (Lipinski definition) is 4. The van der Waals surface area contributed by atoms with Crippen molar-refractivity contribution in [2.24, 2.45) is 7.05 Å². The lowest BCUT2D eigenvalue weighted by atomic mass is 10.2. The maximum atomic E-state index is 5.74. The third kappa shape index (κ3) is 4.31. The molecule has 0 radical (unpaired) electrons. The van der Waals surface area contributed by atoms with Crippen molar-refractivity contribution in [3.63, 3.8) is 0 Å². The molecule has 20 heavy (non-hydrogen) atoms. The molecule has 0 spiro atoms. The number of hydrogen-bond donors (Lipinski definition) is 1. The highest BCUT2D eigenvalue weighted by molar-refractivity contribution is 9.10. The zero-order valence-corrected chi connectivity index (χ0v) is 13.4. The van der Waals surface area contributed by atoms with Crippen LogP contribution in [0.4, 0.5) is 0 Å². The molecule has 1 N–H and O–H groups in total. The van der Waals surface area contributed by atoms with Crippen LogP contribution in [0.2, 0.25) is 0 Å². The van der Waals surface area contributed by atoms with E-state index < -0.39 is 0 Å². The first kappa shape index (κ1) is 15.0.